The fraction of sp³-hybridized carbons (Fsp3) is 0.625. The van der Waals surface area contributed by atoms with Crippen molar-refractivity contribution in [3.63, 3.8) is 0 Å². The highest BCUT2D eigenvalue weighted by Gasteiger charge is 2.62. The zero-order valence-electron chi connectivity index (χ0n) is 12.0. The fourth-order valence-corrected chi connectivity index (χ4v) is 5.89. The molecule has 3 fully saturated rings. The lowest BCUT2D eigenvalue weighted by Crippen LogP contribution is -2.46. The Hall–Kier alpha value is -0.880. The SMILES string of the molecule is O=C(O)C(Cc1csc(Br)c1)NC(=O)C1CC2CC1C1CC21. The van der Waals surface area contributed by atoms with Crippen LogP contribution in [0.1, 0.15) is 24.8 Å². The second-order valence-electron chi connectivity index (χ2n) is 6.93. The summed E-state index contributed by atoms with van der Waals surface area (Å²) in [6.07, 6.45) is 3.79. The van der Waals surface area contributed by atoms with Gasteiger partial charge in [0.2, 0.25) is 5.91 Å². The molecule has 6 unspecified atom stereocenters. The number of amides is 1. The van der Waals surface area contributed by atoms with Crippen LogP contribution in [-0.2, 0) is 16.0 Å². The lowest BCUT2D eigenvalue weighted by Gasteiger charge is -2.23. The van der Waals surface area contributed by atoms with E-state index in [2.05, 4.69) is 21.2 Å². The van der Waals surface area contributed by atoms with Crippen LogP contribution in [0.4, 0.5) is 0 Å². The number of fused-ring (bicyclic) bond motifs is 5. The highest BCUT2D eigenvalue weighted by molar-refractivity contribution is 9.11. The van der Waals surface area contributed by atoms with Crippen LogP contribution in [0.5, 0.6) is 0 Å². The van der Waals surface area contributed by atoms with Gasteiger partial charge in [0.05, 0.1) is 3.79 Å². The molecule has 3 saturated carbocycles. The molecule has 4 nitrogen and oxygen atoms in total. The summed E-state index contributed by atoms with van der Waals surface area (Å²) < 4.78 is 0.978. The van der Waals surface area contributed by atoms with Gasteiger partial charge >= 0.3 is 5.97 Å². The van der Waals surface area contributed by atoms with Crippen LogP contribution in [0.2, 0.25) is 0 Å². The maximum Gasteiger partial charge on any atom is 0.326 e. The van der Waals surface area contributed by atoms with Crippen LogP contribution >= 0.6 is 27.3 Å². The van der Waals surface area contributed by atoms with Crippen LogP contribution in [0, 0.1) is 29.6 Å². The minimum atomic E-state index is -0.955. The molecular formula is C16H18BrNO3S. The van der Waals surface area contributed by atoms with Gasteiger partial charge in [-0.1, -0.05) is 0 Å². The second kappa shape index (κ2) is 5.34. The maximum absolute atomic E-state index is 12.5. The summed E-state index contributed by atoms with van der Waals surface area (Å²) in [6.45, 7) is 0. The van der Waals surface area contributed by atoms with E-state index in [0.717, 1.165) is 33.5 Å². The van der Waals surface area contributed by atoms with Crippen molar-refractivity contribution in [1.82, 2.24) is 5.32 Å². The van der Waals surface area contributed by atoms with Gasteiger partial charge in [-0.3, -0.25) is 4.79 Å². The molecule has 6 heteroatoms. The number of halogens is 1. The molecule has 2 N–H and O–H groups in total. The van der Waals surface area contributed by atoms with E-state index in [9.17, 15) is 14.7 Å². The fourth-order valence-electron chi connectivity index (χ4n) is 4.67. The van der Waals surface area contributed by atoms with Crippen molar-refractivity contribution in [2.45, 2.75) is 31.7 Å². The first-order valence-corrected chi connectivity index (χ1v) is 9.46. The first-order valence-electron chi connectivity index (χ1n) is 7.79. The van der Waals surface area contributed by atoms with Crippen LogP contribution < -0.4 is 5.32 Å². The van der Waals surface area contributed by atoms with Gasteiger partial charge in [0, 0.05) is 12.3 Å². The molecule has 0 radical (unpaired) electrons. The number of carbonyl (C=O) groups excluding carboxylic acids is 1. The topological polar surface area (TPSA) is 66.4 Å². The molecular weight excluding hydrogens is 366 g/mol. The Labute approximate surface area is 141 Å². The van der Waals surface area contributed by atoms with Gasteiger partial charge in [0.25, 0.3) is 0 Å². The van der Waals surface area contributed by atoms with E-state index >= 15 is 0 Å². The van der Waals surface area contributed by atoms with Crippen molar-refractivity contribution in [3.05, 3.63) is 20.8 Å². The van der Waals surface area contributed by atoms with E-state index < -0.39 is 12.0 Å². The Morgan fingerprint density at radius 1 is 1.32 bits per heavy atom. The normalized spacial score (nSPS) is 36.0. The van der Waals surface area contributed by atoms with Gasteiger partial charge in [-0.25, -0.2) is 4.79 Å². The third-order valence-electron chi connectivity index (χ3n) is 5.71. The first-order chi connectivity index (χ1) is 10.5. The number of nitrogens with one attached hydrogen (secondary N) is 1. The molecule has 118 valence electrons. The molecule has 6 atom stereocenters. The molecule has 0 saturated heterocycles. The zero-order chi connectivity index (χ0) is 15.4. The van der Waals surface area contributed by atoms with E-state index in [4.69, 9.17) is 0 Å². The number of carbonyl (C=O) groups is 2. The van der Waals surface area contributed by atoms with Gasteiger partial charge in [0.15, 0.2) is 0 Å². The Morgan fingerprint density at radius 3 is 2.73 bits per heavy atom. The quantitative estimate of drug-likeness (QED) is 0.821. The third kappa shape index (κ3) is 2.50. The van der Waals surface area contributed by atoms with Crippen molar-refractivity contribution in [2.75, 3.05) is 0 Å². The van der Waals surface area contributed by atoms with Gasteiger partial charge in [0.1, 0.15) is 6.04 Å². The van der Waals surface area contributed by atoms with E-state index in [0.29, 0.717) is 12.3 Å². The third-order valence-corrected chi connectivity index (χ3v) is 7.26. The predicted octanol–water partition coefficient (Wildman–Crippen LogP) is 2.91. The molecule has 3 aliphatic rings. The number of carboxylic acids is 1. The minimum absolute atomic E-state index is 0.0421. The standard InChI is InChI=1S/C16H18BrNO3S/c17-14-2-7(6-22-14)1-13(16(20)21)18-15(19)12-4-8-3-10(12)11-5-9(8)11/h2,6,8-13H,1,3-5H2,(H,18,19)(H,20,21). The molecule has 1 heterocycles. The Bertz CT molecular complexity index is 631. The molecule has 3 aliphatic carbocycles. The maximum atomic E-state index is 12.5. The monoisotopic (exact) mass is 383 g/mol. The van der Waals surface area contributed by atoms with Crippen LogP contribution in [0.3, 0.4) is 0 Å². The Morgan fingerprint density at radius 2 is 2.14 bits per heavy atom. The van der Waals surface area contributed by atoms with Crippen LogP contribution in [0.25, 0.3) is 0 Å². The molecule has 1 amide bonds. The Kier molecular flexibility index (Phi) is 3.57. The largest absolute Gasteiger partial charge is 0.480 e. The molecule has 1 aromatic heterocycles. The van der Waals surface area contributed by atoms with Crippen LogP contribution in [-0.4, -0.2) is 23.0 Å². The highest BCUT2D eigenvalue weighted by atomic mass is 79.9. The van der Waals surface area contributed by atoms with Gasteiger partial charge in [-0.2, -0.15) is 0 Å². The summed E-state index contributed by atoms with van der Waals surface area (Å²) in [4.78, 5) is 24.0. The molecule has 4 rings (SSSR count). The van der Waals surface area contributed by atoms with Gasteiger partial charge in [-0.15, -0.1) is 11.3 Å². The minimum Gasteiger partial charge on any atom is -0.480 e. The van der Waals surface area contributed by atoms with Crippen molar-refractivity contribution in [2.24, 2.45) is 29.6 Å². The van der Waals surface area contributed by atoms with Gasteiger partial charge in [-0.05, 0) is 75.9 Å². The summed E-state index contributed by atoms with van der Waals surface area (Å²) in [7, 11) is 0. The zero-order valence-corrected chi connectivity index (χ0v) is 14.4. The van der Waals surface area contributed by atoms with Crippen molar-refractivity contribution in [3.8, 4) is 0 Å². The van der Waals surface area contributed by atoms with Gasteiger partial charge < -0.3 is 10.4 Å². The van der Waals surface area contributed by atoms with Crippen molar-refractivity contribution in [1.29, 1.82) is 0 Å². The average molecular weight is 384 g/mol. The predicted molar refractivity (Wildman–Crippen MR) is 86.6 cm³/mol. The molecule has 22 heavy (non-hydrogen) atoms. The first kappa shape index (κ1) is 14.7. The summed E-state index contributed by atoms with van der Waals surface area (Å²) in [5.41, 5.74) is 0.944. The second-order valence-corrected chi connectivity index (χ2v) is 9.22. The molecule has 2 bridgehead atoms. The smallest absolute Gasteiger partial charge is 0.326 e. The number of hydrogen-bond donors (Lipinski definition) is 2. The number of hydrogen-bond acceptors (Lipinski definition) is 3. The van der Waals surface area contributed by atoms with E-state index in [1.54, 1.807) is 0 Å². The molecule has 0 spiro atoms. The van der Waals surface area contributed by atoms with Crippen LogP contribution in [0.15, 0.2) is 15.2 Å². The average Bonchev–Trinajstić information content (AvgIpc) is 2.84. The highest BCUT2D eigenvalue weighted by Crippen LogP contribution is 2.67. The van der Waals surface area contributed by atoms with Crippen molar-refractivity contribution < 1.29 is 14.7 Å². The summed E-state index contributed by atoms with van der Waals surface area (Å²) in [6, 6.07) is 1.09. The molecule has 0 aromatic carbocycles. The summed E-state index contributed by atoms with van der Waals surface area (Å²) >= 11 is 4.91. The lowest BCUT2D eigenvalue weighted by atomic mass is 9.87. The number of thiophene rings is 1. The molecule has 1 aromatic rings. The number of rotatable bonds is 5. The lowest BCUT2D eigenvalue weighted by molar-refractivity contribution is -0.142. The summed E-state index contributed by atoms with van der Waals surface area (Å²) in [5, 5.41) is 14.1. The van der Waals surface area contributed by atoms with Crippen molar-refractivity contribution >= 4 is 39.1 Å². The number of carboxylic acid groups (broad SMARTS) is 1. The molecule has 0 aliphatic heterocycles. The Balaban J connectivity index is 1.41. The van der Waals surface area contributed by atoms with E-state index in [1.165, 1.54) is 24.2 Å². The summed E-state index contributed by atoms with van der Waals surface area (Å²) in [5.74, 6) is 1.92. The van der Waals surface area contributed by atoms with E-state index in [1.807, 2.05) is 11.4 Å². The van der Waals surface area contributed by atoms with E-state index in [-0.39, 0.29) is 11.8 Å². The number of aliphatic carboxylic acids is 1.